The number of allylic oxidation sites excluding steroid dienone is 1. The zero-order chi connectivity index (χ0) is 23.9. The van der Waals surface area contributed by atoms with Crippen LogP contribution in [0.2, 0.25) is 0 Å². The molecule has 0 atom stereocenters. The Morgan fingerprint density at radius 1 is 1.15 bits per heavy atom. The topological polar surface area (TPSA) is 98.5 Å². The summed E-state index contributed by atoms with van der Waals surface area (Å²) in [7, 11) is 0. The van der Waals surface area contributed by atoms with E-state index in [1.807, 2.05) is 36.4 Å². The lowest BCUT2D eigenvalue weighted by molar-refractivity contribution is -0.191. The van der Waals surface area contributed by atoms with Crippen molar-refractivity contribution < 1.29 is 23.6 Å². The van der Waals surface area contributed by atoms with Gasteiger partial charge in [-0.05, 0) is 66.8 Å². The second-order valence-electron chi connectivity index (χ2n) is 8.08. The highest BCUT2D eigenvalue weighted by molar-refractivity contribution is 5.86. The normalized spacial score (nSPS) is 13.3. The number of fused-ring (bicyclic) bond motifs is 1. The van der Waals surface area contributed by atoms with Gasteiger partial charge in [0.2, 0.25) is 5.76 Å². The SMILES string of the molecule is Cc1noc(C#Cc2ccc3c(c2)CC(C2CC2)=C3)c1NC(=O)OCc1ccccc1.O=C=O. The summed E-state index contributed by atoms with van der Waals surface area (Å²) < 4.78 is 10.6. The quantitative estimate of drug-likeness (QED) is 0.563. The minimum absolute atomic E-state index is 0.185. The number of carbonyl (C=O) groups excluding carboxylic acids is 3. The highest BCUT2D eigenvalue weighted by Crippen LogP contribution is 2.42. The zero-order valence-corrected chi connectivity index (χ0v) is 18.6. The molecule has 1 aromatic heterocycles. The van der Waals surface area contributed by atoms with Crippen LogP contribution in [0.3, 0.4) is 0 Å². The van der Waals surface area contributed by atoms with Gasteiger partial charge in [-0.25, -0.2) is 4.79 Å². The Morgan fingerprint density at radius 3 is 2.65 bits per heavy atom. The summed E-state index contributed by atoms with van der Waals surface area (Å²) in [6.45, 7) is 1.94. The predicted molar refractivity (Wildman–Crippen MR) is 123 cm³/mol. The summed E-state index contributed by atoms with van der Waals surface area (Å²) >= 11 is 0. The molecular formula is C27H22N2O5. The van der Waals surface area contributed by atoms with E-state index in [9.17, 15) is 4.79 Å². The lowest BCUT2D eigenvalue weighted by Crippen LogP contribution is -2.14. The number of hydrogen-bond donors (Lipinski definition) is 1. The van der Waals surface area contributed by atoms with Gasteiger partial charge in [-0.1, -0.05) is 59.1 Å². The van der Waals surface area contributed by atoms with Crippen LogP contribution in [0.5, 0.6) is 0 Å². The summed E-state index contributed by atoms with van der Waals surface area (Å²) in [6, 6.07) is 15.8. The Balaban J connectivity index is 0.000000868. The van der Waals surface area contributed by atoms with E-state index in [-0.39, 0.29) is 12.8 Å². The third kappa shape index (κ3) is 5.69. The van der Waals surface area contributed by atoms with Gasteiger partial charge in [0.05, 0.1) is 0 Å². The van der Waals surface area contributed by atoms with E-state index in [0.29, 0.717) is 17.1 Å². The van der Waals surface area contributed by atoms with Gasteiger partial charge in [0.15, 0.2) is 0 Å². The Kier molecular flexibility index (Phi) is 7.02. The van der Waals surface area contributed by atoms with Gasteiger partial charge in [0.25, 0.3) is 0 Å². The molecule has 2 aliphatic rings. The summed E-state index contributed by atoms with van der Waals surface area (Å²) in [4.78, 5) is 28.5. The lowest BCUT2D eigenvalue weighted by atomic mass is 10.0. The molecule has 0 radical (unpaired) electrons. The molecule has 170 valence electrons. The second-order valence-corrected chi connectivity index (χ2v) is 8.08. The van der Waals surface area contributed by atoms with Crippen LogP contribution in [0.25, 0.3) is 6.08 Å². The first-order chi connectivity index (χ1) is 16.6. The first-order valence-electron chi connectivity index (χ1n) is 10.9. The summed E-state index contributed by atoms with van der Waals surface area (Å²) in [6.07, 6.45) is 5.67. The molecule has 0 spiro atoms. The highest BCUT2D eigenvalue weighted by Gasteiger charge is 2.28. The molecular weight excluding hydrogens is 432 g/mol. The Bertz CT molecular complexity index is 1320. The largest absolute Gasteiger partial charge is 0.444 e. The molecule has 3 aromatic rings. The minimum atomic E-state index is -0.575. The number of aromatic nitrogens is 1. The van der Waals surface area contributed by atoms with Crippen molar-refractivity contribution in [3.05, 3.63) is 87.8 Å². The van der Waals surface area contributed by atoms with Gasteiger partial charge in [-0.2, -0.15) is 9.59 Å². The van der Waals surface area contributed by atoms with E-state index in [1.165, 1.54) is 24.0 Å². The third-order valence-electron chi connectivity index (χ3n) is 5.60. The van der Waals surface area contributed by atoms with Crippen LogP contribution in [-0.2, 0) is 27.4 Å². The molecule has 0 bridgehead atoms. The van der Waals surface area contributed by atoms with E-state index < -0.39 is 6.09 Å². The zero-order valence-electron chi connectivity index (χ0n) is 18.6. The smallest absolute Gasteiger partial charge is 0.412 e. The van der Waals surface area contributed by atoms with Crippen LogP contribution in [0.1, 0.15) is 46.5 Å². The fourth-order valence-corrected chi connectivity index (χ4v) is 3.76. The van der Waals surface area contributed by atoms with Crippen molar-refractivity contribution in [1.29, 1.82) is 0 Å². The fourth-order valence-electron chi connectivity index (χ4n) is 3.76. The van der Waals surface area contributed by atoms with Gasteiger partial charge in [0.1, 0.15) is 18.0 Å². The van der Waals surface area contributed by atoms with Crippen molar-refractivity contribution in [1.82, 2.24) is 5.16 Å². The standard InChI is InChI=1S/C26H22N2O3.CO2/c1-17-25(27-26(29)30-16-19-5-3-2-4-6-19)24(31-28-17)12-8-18-7-9-21-14-23(20-10-11-20)15-22(21)13-18;2-1-3/h2-7,9,13-14,20H,10-11,15-16H2,1H3,(H,27,29);. The molecule has 1 fully saturated rings. The summed E-state index contributed by atoms with van der Waals surface area (Å²) in [5.74, 6) is 7.23. The van der Waals surface area contributed by atoms with Gasteiger partial charge in [-0.3, -0.25) is 5.32 Å². The molecule has 0 aliphatic heterocycles. The summed E-state index contributed by atoms with van der Waals surface area (Å²) in [5, 5.41) is 6.64. The van der Waals surface area contributed by atoms with Crippen LogP contribution < -0.4 is 5.32 Å². The molecule has 2 aliphatic carbocycles. The number of benzene rings is 2. The average Bonchev–Trinajstić information content (AvgIpc) is 3.52. The predicted octanol–water partition coefficient (Wildman–Crippen LogP) is 4.90. The Morgan fingerprint density at radius 2 is 1.91 bits per heavy atom. The second kappa shape index (κ2) is 10.5. The van der Waals surface area contributed by atoms with Crippen LogP contribution in [-0.4, -0.2) is 17.4 Å². The third-order valence-corrected chi connectivity index (χ3v) is 5.60. The summed E-state index contributed by atoms with van der Waals surface area (Å²) in [5.41, 5.74) is 6.98. The van der Waals surface area contributed by atoms with Gasteiger partial charge in [0, 0.05) is 5.56 Å². The first-order valence-corrected chi connectivity index (χ1v) is 10.9. The van der Waals surface area contributed by atoms with Crippen molar-refractivity contribution >= 4 is 24.0 Å². The minimum Gasteiger partial charge on any atom is -0.444 e. The molecule has 0 unspecified atom stereocenters. The van der Waals surface area contributed by atoms with Crippen molar-refractivity contribution in [3.8, 4) is 11.8 Å². The number of amides is 1. The van der Waals surface area contributed by atoms with Crippen molar-refractivity contribution in [2.24, 2.45) is 5.92 Å². The molecule has 2 aromatic carbocycles. The van der Waals surface area contributed by atoms with Crippen LogP contribution >= 0.6 is 0 Å². The van der Waals surface area contributed by atoms with Gasteiger partial charge < -0.3 is 9.26 Å². The van der Waals surface area contributed by atoms with Crippen LogP contribution in [0, 0.1) is 24.7 Å². The number of nitrogens with zero attached hydrogens (tertiary/aromatic N) is 1. The van der Waals surface area contributed by atoms with E-state index >= 15 is 0 Å². The van der Waals surface area contributed by atoms with Crippen LogP contribution in [0.4, 0.5) is 10.5 Å². The maximum absolute atomic E-state index is 12.2. The highest BCUT2D eigenvalue weighted by atomic mass is 16.5. The van der Waals surface area contributed by atoms with Gasteiger partial charge >= 0.3 is 12.2 Å². The number of anilines is 1. The number of rotatable bonds is 4. The van der Waals surface area contributed by atoms with Crippen molar-refractivity contribution in [2.45, 2.75) is 32.8 Å². The molecule has 7 nitrogen and oxygen atoms in total. The van der Waals surface area contributed by atoms with E-state index in [1.54, 1.807) is 12.5 Å². The number of hydrogen-bond acceptors (Lipinski definition) is 6. The first kappa shape index (κ1) is 22.8. The average molecular weight is 454 g/mol. The molecule has 1 amide bonds. The number of carbonyl (C=O) groups is 1. The maximum Gasteiger partial charge on any atom is 0.412 e. The van der Waals surface area contributed by atoms with E-state index in [0.717, 1.165) is 23.5 Å². The number of nitrogens with one attached hydrogen (secondary N) is 1. The molecule has 7 heteroatoms. The number of ether oxygens (including phenoxy) is 1. The van der Waals surface area contributed by atoms with Gasteiger partial charge in [-0.15, -0.1) is 0 Å². The molecule has 34 heavy (non-hydrogen) atoms. The molecule has 1 N–H and O–H groups in total. The maximum atomic E-state index is 12.2. The Labute approximate surface area is 196 Å². The van der Waals surface area contributed by atoms with Crippen molar-refractivity contribution in [2.75, 3.05) is 5.32 Å². The molecule has 0 saturated heterocycles. The molecule has 5 rings (SSSR count). The van der Waals surface area contributed by atoms with Crippen LogP contribution in [0.15, 0.2) is 58.6 Å². The molecule has 1 heterocycles. The monoisotopic (exact) mass is 454 g/mol. The number of aryl methyl sites for hydroxylation is 1. The lowest BCUT2D eigenvalue weighted by Gasteiger charge is -2.06. The van der Waals surface area contributed by atoms with E-state index in [2.05, 4.69) is 40.5 Å². The Hall–Kier alpha value is -4.40. The van der Waals surface area contributed by atoms with E-state index in [4.69, 9.17) is 18.8 Å². The van der Waals surface area contributed by atoms with Crippen molar-refractivity contribution in [3.63, 3.8) is 0 Å². The molecule has 1 saturated carbocycles. The fraction of sp³-hybridized carbons (Fsp3) is 0.222.